The number of hydrogen-bond donors (Lipinski definition) is 0. The summed E-state index contributed by atoms with van der Waals surface area (Å²) in [4.78, 5) is 0. The minimum Gasteiger partial charge on any atom is -0.0654 e. The molecule has 1 rings (SSSR count). The molecule has 31 heavy (non-hydrogen) atoms. The Bertz CT molecular complexity index is 501. The van der Waals surface area contributed by atoms with E-state index in [0.717, 1.165) is 0 Å². The highest BCUT2D eigenvalue weighted by molar-refractivity contribution is 5.36. The van der Waals surface area contributed by atoms with Crippen LogP contribution < -0.4 is 0 Å². The van der Waals surface area contributed by atoms with Crippen LogP contribution in [0.4, 0.5) is 0 Å². The molecule has 0 heterocycles. The zero-order valence-electron chi connectivity index (χ0n) is 21.8. The van der Waals surface area contributed by atoms with E-state index in [1.165, 1.54) is 141 Å². The summed E-state index contributed by atoms with van der Waals surface area (Å²) in [7, 11) is 0. The van der Waals surface area contributed by atoms with Gasteiger partial charge in [0.25, 0.3) is 0 Å². The first-order chi connectivity index (χ1) is 15.3. The lowest BCUT2D eigenvalue weighted by Crippen LogP contribution is -2.02. The number of hydrogen-bond acceptors (Lipinski definition) is 0. The van der Waals surface area contributed by atoms with Crippen LogP contribution in [-0.2, 0) is 19.3 Å². The van der Waals surface area contributed by atoms with Gasteiger partial charge in [0.2, 0.25) is 0 Å². The summed E-state index contributed by atoms with van der Waals surface area (Å²) in [5, 5.41) is 0. The van der Waals surface area contributed by atoms with Crippen molar-refractivity contribution < 1.29 is 0 Å². The van der Waals surface area contributed by atoms with Gasteiger partial charge >= 0.3 is 0 Å². The third-order valence-electron chi connectivity index (χ3n) is 7.00. The molecule has 0 saturated heterocycles. The van der Waals surface area contributed by atoms with Gasteiger partial charge < -0.3 is 0 Å². The van der Waals surface area contributed by atoms with E-state index in [1.807, 2.05) is 0 Å². The molecule has 0 spiro atoms. The third-order valence-corrected chi connectivity index (χ3v) is 7.00. The van der Waals surface area contributed by atoms with Crippen molar-refractivity contribution in [3.8, 4) is 0 Å². The number of unbranched alkanes of at least 4 members (excludes halogenated alkanes) is 16. The molecule has 1 aromatic carbocycles. The monoisotopic (exact) mass is 428 g/mol. The van der Waals surface area contributed by atoms with Gasteiger partial charge in [-0.25, -0.2) is 0 Å². The van der Waals surface area contributed by atoms with Crippen molar-refractivity contribution in [2.45, 2.75) is 162 Å². The summed E-state index contributed by atoms with van der Waals surface area (Å²) in [5.74, 6) is 0. The Kier molecular flexibility index (Phi) is 19.2. The molecule has 0 atom stereocenters. The SMILES string of the molecule is CCCCCCCCCCCCc1cccc(CCCCC)c1CCCCCCCC. The van der Waals surface area contributed by atoms with Gasteiger partial charge in [-0.05, 0) is 55.2 Å². The molecule has 0 aliphatic heterocycles. The van der Waals surface area contributed by atoms with Crippen molar-refractivity contribution in [2.24, 2.45) is 0 Å². The summed E-state index contributed by atoms with van der Waals surface area (Å²) < 4.78 is 0. The van der Waals surface area contributed by atoms with Gasteiger partial charge in [-0.15, -0.1) is 0 Å². The molecule has 0 radical (unpaired) electrons. The minimum atomic E-state index is 1.30. The largest absolute Gasteiger partial charge is 0.0654 e. The Morgan fingerprint density at radius 3 is 1.16 bits per heavy atom. The summed E-state index contributed by atoms with van der Waals surface area (Å²) >= 11 is 0. The quantitative estimate of drug-likeness (QED) is 0.161. The minimum absolute atomic E-state index is 1.30. The molecule has 180 valence electrons. The Hall–Kier alpha value is -0.780. The second kappa shape index (κ2) is 21.1. The average Bonchev–Trinajstić information content (AvgIpc) is 2.78. The second-order valence-electron chi connectivity index (χ2n) is 9.96. The molecule has 0 aliphatic carbocycles. The number of benzene rings is 1. The lowest BCUT2D eigenvalue weighted by molar-refractivity contribution is 0.555. The molecule has 0 heteroatoms. The lowest BCUT2D eigenvalue weighted by Gasteiger charge is -2.15. The maximum Gasteiger partial charge on any atom is -0.0273 e. The zero-order chi connectivity index (χ0) is 22.4. The van der Waals surface area contributed by atoms with Crippen molar-refractivity contribution >= 4 is 0 Å². The van der Waals surface area contributed by atoms with Gasteiger partial charge in [0, 0.05) is 0 Å². The Balaban J connectivity index is 2.40. The maximum atomic E-state index is 2.45. The van der Waals surface area contributed by atoms with Crippen molar-refractivity contribution in [1.82, 2.24) is 0 Å². The average molecular weight is 429 g/mol. The highest BCUT2D eigenvalue weighted by atomic mass is 14.1. The predicted octanol–water partition coefficient (Wildman–Crippen LogP) is 10.8. The van der Waals surface area contributed by atoms with E-state index < -0.39 is 0 Å². The normalized spacial score (nSPS) is 11.3. The molecule has 0 N–H and O–H groups in total. The maximum absolute atomic E-state index is 2.45. The fourth-order valence-corrected chi connectivity index (χ4v) is 4.93. The Morgan fingerprint density at radius 2 is 0.710 bits per heavy atom. The van der Waals surface area contributed by atoms with Gasteiger partial charge in [0.15, 0.2) is 0 Å². The predicted molar refractivity (Wildman–Crippen MR) is 142 cm³/mol. The summed E-state index contributed by atoms with van der Waals surface area (Å²) in [6, 6.07) is 7.23. The molecular weight excluding hydrogens is 372 g/mol. The molecule has 0 unspecified atom stereocenters. The summed E-state index contributed by atoms with van der Waals surface area (Å²) in [6.45, 7) is 6.94. The van der Waals surface area contributed by atoms with Crippen LogP contribution in [0.2, 0.25) is 0 Å². The number of aryl methyl sites for hydroxylation is 2. The number of rotatable bonds is 22. The smallest absolute Gasteiger partial charge is 0.0273 e. The lowest BCUT2D eigenvalue weighted by atomic mass is 9.90. The zero-order valence-corrected chi connectivity index (χ0v) is 21.8. The van der Waals surface area contributed by atoms with Crippen LogP contribution in [0, 0.1) is 0 Å². The van der Waals surface area contributed by atoms with Crippen molar-refractivity contribution in [2.75, 3.05) is 0 Å². The van der Waals surface area contributed by atoms with Crippen LogP contribution >= 0.6 is 0 Å². The van der Waals surface area contributed by atoms with Crippen LogP contribution in [0.1, 0.15) is 159 Å². The first-order valence-electron chi connectivity index (χ1n) is 14.4. The molecule has 0 fully saturated rings. The van der Waals surface area contributed by atoms with Crippen molar-refractivity contribution in [3.63, 3.8) is 0 Å². The standard InChI is InChI=1S/C31H56/c1-4-7-10-12-14-15-16-17-18-21-25-30-27-23-26-29(24-20-9-6-3)31(30)28-22-19-13-11-8-5-2/h23,26-27H,4-22,24-25,28H2,1-3H3. The van der Waals surface area contributed by atoms with Crippen LogP contribution in [0.3, 0.4) is 0 Å². The van der Waals surface area contributed by atoms with Gasteiger partial charge in [-0.2, -0.15) is 0 Å². The molecular formula is C31H56. The van der Waals surface area contributed by atoms with Crippen molar-refractivity contribution in [3.05, 3.63) is 34.9 Å². The van der Waals surface area contributed by atoms with E-state index in [1.54, 1.807) is 16.7 Å². The molecule has 0 saturated carbocycles. The molecule has 0 amide bonds. The van der Waals surface area contributed by atoms with E-state index in [0.29, 0.717) is 0 Å². The first kappa shape index (κ1) is 28.3. The van der Waals surface area contributed by atoms with E-state index in [4.69, 9.17) is 0 Å². The van der Waals surface area contributed by atoms with E-state index >= 15 is 0 Å². The Morgan fingerprint density at radius 1 is 0.387 bits per heavy atom. The topological polar surface area (TPSA) is 0 Å². The Labute approximate surface area is 197 Å². The van der Waals surface area contributed by atoms with Crippen molar-refractivity contribution in [1.29, 1.82) is 0 Å². The fourth-order valence-electron chi connectivity index (χ4n) is 4.93. The van der Waals surface area contributed by atoms with E-state index in [9.17, 15) is 0 Å². The molecule has 0 nitrogen and oxygen atoms in total. The molecule has 1 aromatic rings. The molecule has 0 aliphatic rings. The van der Waals surface area contributed by atoms with Gasteiger partial charge in [-0.3, -0.25) is 0 Å². The van der Waals surface area contributed by atoms with Gasteiger partial charge in [-0.1, -0.05) is 142 Å². The summed E-state index contributed by atoms with van der Waals surface area (Å²) in [5.41, 5.74) is 5.10. The van der Waals surface area contributed by atoms with E-state index in [2.05, 4.69) is 39.0 Å². The summed E-state index contributed by atoms with van der Waals surface area (Å²) in [6.07, 6.45) is 30.7. The fraction of sp³-hybridized carbons (Fsp3) is 0.806. The third kappa shape index (κ3) is 14.8. The van der Waals surface area contributed by atoms with Crippen LogP contribution in [-0.4, -0.2) is 0 Å². The molecule has 0 aromatic heterocycles. The van der Waals surface area contributed by atoms with Crippen LogP contribution in [0.25, 0.3) is 0 Å². The van der Waals surface area contributed by atoms with Gasteiger partial charge in [0.05, 0.1) is 0 Å². The second-order valence-corrected chi connectivity index (χ2v) is 9.96. The van der Waals surface area contributed by atoms with Gasteiger partial charge in [0.1, 0.15) is 0 Å². The van der Waals surface area contributed by atoms with Crippen LogP contribution in [0.5, 0.6) is 0 Å². The first-order valence-corrected chi connectivity index (χ1v) is 14.4. The van der Waals surface area contributed by atoms with E-state index in [-0.39, 0.29) is 0 Å². The highest BCUT2D eigenvalue weighted by Crippen LogP contribution is 2.23. The van der Waals surface area contributed by atoms with Crippen LogP contribution in [0.15, 0.2) is 18.2 Å². The molecule has 0 bridgehead atoms. The highest BCUT2D eigenvalue weighted by Gasteiger charge is 2.08.